The summed E-state index contributed by atoms with van der Waals surface area (Å²) in [7, 11) is 0. The fourth-order valence-electron chi connectivity index (χ4n) is 0.534. The monoisotopic (exact) mass is 204 g/mol. The first kappa shape index (κ1) is 12.6. The maximum atomic E-state index is 10.2. The van der Waals surface area contributed by atoms with E-state index < -0.39 is 11.9 Å². The molecule has 0 aliphatic carbocycles. The van der Waals surface area contributed by atoms with Crippen molar-refractivity contribution in [1.82, 2.24) is 0 Å². The van der Waals surface area contributed by atoms with Crippen molar-refractivity contribution in [2.75, 3.05) is 26.4 Å². The number of carboxylic acid groups (broad SMARTS) is 2. The van der Waals surface area contributed by atoms with Crippen molar-refractivity contribution in [2.45, 2.75) is 0 Å². The molecule has 14 heavy (non-hydrogen) atoms. The molecule has 0 radical (unpaired) electrons. The van der Waals surface area contributed by atoms with E-state index >= 15 is 0 Å². The summed E-state index contributed by atoms with van der Waals surface area (Å²) in [5, 5.41) is 16.5. The van der Waals surface area contributed by atoms with Crippen LogP contribution in [0.2, 0.25) is 0 Å². The number of rotatable bonds is 8. The largest absolute Gasteiger partial charge is 0.480 e. The van der Waals surface area contributed by atoms with Gasteiger partial charge in [0.25, 0.3) is 0 Å². The highest BCUT2D eigenvalue weighted by Crippen LogP contribution is 1.91. The van der Waals surface area contributed by atoms with Crippen LogP contribution in [-0.2, 0) is 19.1 Å². The van der Waals surface area contributed by atoms with Gasteiger partial charge in [0.15, 0.2) is 0 Å². The summed E-state index contributed by atoms with van der Waals surface area (Å²) >= 11 is 0. The molecule has 80 valence electrons. The topological polar surface area (TPSA) is 93.1 Å². The molecule has 0 atom stereocenters. The minimum absolute atomic E-state index is 0.0526. The van der Waals surface area contributed by atoms with Crippen molar-refractivity contribution in [3.05, 3.63) is 12.2 Å². The molecule has 0 bridgehead atoms. The Morgan fingerprint density at radius 1 is 1.07 bits per heavy atom. The van der Waals surface area contributed by atoms with Crippen LogP contribution < -0.4 is 0 Å². The molecule has 0 unspecified atom stereocenters. The van der Waals surface area contributed by atoms with Crippen molar-refractivity contribution in [1.29, 1.82) is 0 Å². The SMILES string of the molecule is C=C(COCCOCC(=O)O)C(=O)O. The second kappa shape index (κ2) is 7.05. The smallest absolute Gasteiger partial charge is 0.333 e. The molecular weight excluding hydrogens is 192 g/mol. The van der Waals surface area contributed by atoms with Crippen LogP contribution in [-0.4, -0.2) is 48.6 Å². The van der Waals surface area contributed by atoms with E-state index in [0.717, 1.165) is 0 Å². The molecule has 6 nitrogen and oxygen atoms in total. The molecule has 0 fully saturated rings. The number of hydrogen-bond donors (Lipinski definition) is 2. The summed E-state index contributed by atoms with van der Waals surface area (Å²) in [4.78, 5) is 20.2. The van der Waals surface area contributed by atoms with Crippen LogP contribution in [0.5, 0.6) is 0 Å². The van der Waals surface area contributed by atoms with Crippen LogP contribution in [0.25, 0.3) is 0 Å². The van der Waals surface area contributed by atoms with Gasteiger partial charge < -0.3 is 19.7 Å². The standard InChI is InChI=1S/C8H12O6/c1-6(8(11)12)4-13-2-3-14-5-7(9)10/h1-5H2,(H,9,10)(H,11,12). The fourth-order valence-corrected chi connectivity index (χ4v) is 0.534. The van der Waals surface area contributed by atoms with Gasteiger partial charge in [-0.1, -0.05) is 6.58 Å². The van der Waals surface area contributed by atoms with Crippen LogP contribution in [0.3, 0.4) is 0 Å². The summed E-state index contributed by atoms with van der Waals surface area (Å²) in [6, 6.07) is 0. The molecule has 6 heteroatoms. The molecule has 0 rings (SSSR count). The number of ether oxygens (including phenoxy) is 2. The molecule has 0 aliphatic heterocycles. The lowest BCUT2D eigenvalue weighted by atomic mass is 10.3. The zero-order valence-electron chi connectivity index (χ0n) is 7.56. The van der Waals surface area contributed by atoms with Crippen LogP contribution in [0.1, 0.15) is 0 Å². The molecule has 0 heterocycles. The Labute approximate surface area is 80.7 Å². The normalized spacial score (nSPS) is 9.71. The summed E-state index contributed by atoms with van der Waals surface area (Å²) in [5.74, 6) is -2.17. The average Bonchev–Trinajstić information content (AvgIpc) is 2.09. The lowest BCUT2D eigenvalue weighted by Crippen LogP contribution is -2.13. The van der Waals surface area contributed by atoms with Gasteiger partial charge in [0, 0.05) is 0 Å². The number of hydrogen-bond acceptors (Lipinski definition) is 4. The van der Waals surface area contributed by atoms with E-state index in [1.54, 1.807) is 0 Å². The maximum Gasteiger partial charge on any atom is 0.333 e. The molecule has 0 spiro atoms. The predicted molar refractivity (Wildman–Crippen MR) is 46.0 cm³/mol. The molecule has 0 saturated heterocycles. The number of aliphatic carboxylic acids is 2. The molecular formula is C8H12O6. The quantitative estimate of drug-likeness (QED) is 0.418. The molecule has 0 aromatic carbocycles. The van der Waals surface area contributed by atoms with Crippen LogP contribution in [0.4, 0.5) is 0 Å². The maximum absolute atomic E-state index is 10.2. The molecule has 0 aromatic rings. The van der Waals surface area contributed by atoms with Gasteiger partial charge in [0.05, 0.1) is 25.4 Å². The van der Waals surface area contributed by atoms with Gasteiger partial charge in [-0.25, -0.2) is 9.59 Å². The van der Waals surface area contributed by atoms with Crippen molar-refractivity contribution in [2.24, 2.45) is 0 Å². The third-order valence-electron chi connectivity index (χ3n) is 1.18. The minimum atomic E-state index is -1.11. The first-order chi connectivity index (χ1) is 6.54. The third kappa shape index (κ3) is 7.26. The first-order valence-corrected chi connectivity index (χ1v) is 3.82. The fraction of sp³-hybridized carbons (Fsp3) is 0.500. The summed E-state index contributed by atoms with van der Waals surface area (Å²) in [6.45, 7) is 3.01. The first-order valence-electron chi connectivity index (χ1n) is 3.82. The van der Waals surface area contributed by atoms with Crippen molar-refractivity contribution >= 4 is 11.9 Å². The van der Waals surface area contributed by atoms with Crippen molar-refractivity contribution in [3.63, 3.8) is 0 Å². The number of carbonyl (C=O) groups is 2. The Hall–Kier alpha value is -1.40. The zero-order valence-corrected chi connectivity index (χ0v) is 7.56. The van der Waals surface area contributed by atoms with Gasteiger partial charge in [-0.05, 0) is 0 Å². The van der Waals surface area contributed by atoms with Gasteiger partial charge >= 0.3 is 11.9 Å². The van der Waals surface area contributed by atoms with Gasteiger partial charge in [-0.3, -0.25) is 0 Å². The highest BCUT2D eigenvalue weighted by atomic mass is 16.5. The highest BCUT2D eigenvalue weighted by molar-refractivity contribution is 5.85. The molecule has 0 saturated carbocycles. The second-order valence-electron chi connectivity index (χ2n) is 2.41. The van der Waals surface area contributed by atoms with E-state index in [0.29, 0.717) is 0 Å². The summed E-state index contributed by atoms with van der Waals surface area (Å²) in [6.07, 6.45) is 0. The Kier molecular flexibility index (Phi) is 6.34. The Morgan fingerprint density at radius 3 is 2.00 bits per heavy atom. The van der Waals surface area contributed by atoms with E-state index in [9.17, 15) is 9.59 Å². The Bertz CT molecular complexity index is 222. The highest BCUT2D eigenvalue weighted by Gasteiger charge is 2.03. The average molecular weight is 204 g/mol. The van der Waals surface area contributed by atoms with E-state index in [2.05, 4.69) is 11.3 Å². The van der Waals surface area contributed by atoms with E-state index in [1.165, 1.54) is 0 Å². The lowest BCUT2D eigenvalue weighted by molar-refractivity contribution is -0.142. The Balaban J connectivity index is 3.26. The molecule has 0 aromatic heterocycles. The predicted octanol–water partition coefficient (Wildman–Crippen LogP) is -0.255. The van der Waals surface area contributed by atoms with Gasteiger partial charge in [0.1, 0.15) is 6.61 Å². The van der Waals surface area contributed by atoms with Crippen LogP contribution in [0, 0.1) is 0 Å². The van der Waals surface area contributed by atoms with Gasteiger partial charge in [-0.15, -0.1) is 0 Å². The number of carboxylic acids is 2. The lowest BCUT2D eigenvalue weighted by Gasteiger charge is -2.03. The van der Waals surface area contributed by atoms with Crippen LogP contribution in [0.15, 0.2) is 12.2 Å². The van der Waals surface area contributed by atoms with Gasteiger partial charge in [-0.2, -0.15) is 0 Å². The van der Waals surface area contributed by atoms with Crippen LogP contribution >= 0.6 is 0 Å². The second-order valence-corrected chi connectivity index (χ2v) is 2.41. The summed E-state index contributed by atoms with van der Waals surface area (Å²) in [5.41, 5.74) is -0.0526. The van der Waals surface area contributed by atoms with E-state index in [4.69, 9.17) is 14.9 Å². The molecule has 0 amide bonds. The summed E-state index contributed by atoms with van der Waals surface area (Å²) < 4.78 is 9.48. The Morgan fingerprint density at radius 2 is 1.57 bits per heavy atom. The van der Waals surface area contributed by atoms with E-state index in [1.807, 2.05) is 0 Å². The molecule has 0 aliphatic rings. The van der Waals surface area contributed by atoms with Crippen molar-refractivity contribution in [3.8, 4) is 0 Å². The minimum Gasteiger partial charge on any atom is -0.480 e. The van der Waals surface area contributed by atoms with Gasteiger partial charge in [0.2, 0.25) is 0 Å². The zero-order chi connectivity index (χ0) is 11.0. The van der Waals surface area contributed by atoms with Crippen molar-refractivity contribution < 1.29 is 29.3 Å². The molecule has 2 N–H and O–H groups in total. The third-order valence-corrected chi connectivity index (χ3v) is 1.18. The van der Waals surface area contributed by atoms with E-state index in [-0.39, 0.29) is 32.0 Å².